The molecule has 88 valence electrons. The summed E-state index contributed by atoms with van der Waals surface area (Å²) in [7, 11) is 1.42. The highest BCUT2D eigenvalue weighted by molar-refractivity contribution is 5.33. The van der Waals surface area contributed by atoms with Crippen LogP contribution in [0.3, 0.4) is 0 Å². The Morgan fingerprint density at radius 3 is 2.76 bits per heavy atom. The minimum atomic E-state index is -0.439. The lowest BCUT2D eigenvalue weighted by molar-refractivity contribution is 0.298. The van der Waals surface area contributed by atoms with Crippen molar-refractivity contribution in [1.29, 1.82) is 0 Å². The SMILES string of the molecule is COc1ccc(OCc2ccccn2)cc1F. The van der Waals surface area contributed by atoms with E-state index in [4.69, 9.17) is 9.47 Å². The molecule has 0 amide bonds. The summed E-state index contributed by atoms with van der Waals surface area (Å²) in [5.74, 6) is 0.218. The second-order valence-corrected chi connectivity index (χ2v) is 3.41. The number of methoxy groups -OCH3 is 1. The monoisotopic (exact) mass is 233 g/mol. The molecular formula is C13H12FNO2. The normalized spacial score (nSPS) is 10.0. The Kier molecular flexibility index (Phi) is 3.55. The molecule has 0 spiro atoms. The van der Waals surface area contributed by atoms with Crippen molar-refractivity contribution in [2.45, 2.75) is 6.61 Å². The number of halogens is 1. The molecule has 0 unspecified atom stereocenters. The van der Waals surface area contributed by atoms with Gasteiger partial charge in [-0.1, -0.05) is 6.07 Å². The number of aromatic nitrogens is 1. The van der Waals surface area contributed by atoms with E-state index in [2.05, 4.69) is 4.98 Å². The molecule has 0 radical (unpaired) electrons. The molecular weight excluding hydrogens is 221 g/mol. The molecule has 2 rings (SSSR count). The van der Waals surface area contributed by atoms with E-state index >= 15 is 0 Å². The van der Waals surface area contributed by atoms with Crippen molar-refractivity contribution in [2.24, 2.45) is 0 Å². The molecule has 1 aromatic carbocycles. The average molecular weight is 233 g/mol. The summed E-state index contributed by atoms with van der Waals surface area (Å²) in [6, 6.07) is 10.0. The molecule has 0 atom stereocenters. The summed E-state index contributed by atoms with van der Waals surface area (Å²) in [5.41, 5.74) is 0.795. The van der Waals surface area contributed by atoms with Gasteiger partial charge in [0.1, 0.15) is 12.4 Å². The number of pyridine rings is 1. The lowest BCUT2D eigenvalue weighted by atomic mass is 10.3. The van der Waals surface area contributed by atoms with Crippen LogP contribution >= 0.6 is 0 Å². The molecule has 1 heterocycles. The average Bonchev–Trinajstić information content (AvgIpc) is 2.38. The molecule has 0 fully saturated rings. The van der Waals surface area contributed by atoms with Crippen molar-refractivity contribution < 1.29 is 13.9 Å². The third-order valence-corrected chi connectivity index (χ3v) is 2.24. The molecule has 0 N–H and O–H groups in total. The summed E-state index contributed by atoms with van der Waals surface area (Å²) in [5, 5.41) is 0. The summed E-state index contributed by atoms with van der Waals surface area (Å²) in [4.78, 5) is 4.11. The maximum atomic E-state index is 13.4. The van der Waals surface area contributed by atoms with E-state index < -0.39 is 5.82 Å². The molecule has 17 heavy (non-hydrogen) atoms. The number of hydrogen-bond acceptors (Lipinski definition) is 3. The zero-order valence-electron chi connectivity index (χ0n) is 9.39. The van der Waals surface area contributed by atoms with Gasteiger partial charge in [0.05, 0.1) is 12.8 Å². The lowest BCUT2D eigenvalue weighted by Gasteiger charge is -2.07. The zero-order valence-corrected chi connectivity index (χ0v) is 9.39. The van der Waals surface area contributed by atoms with Crippen molar-refractivity contribution in [2.75, 3.05) is 7.11 Å². The smallest absolute Gasteiger partial charge is 0.168 e. The third-order valence-electron chi connectivity index (χ3n) is 2.24. The van der Waals surface area contributed by atoms with Gasteiger partial charge < -0.3 is 9.47 Å². The first-order chi connectivity index (χ1) is 8.29. The largest absolute Gasteiger partial charge is 0.494 e. The maximum absolute atomic E-state index is 13.4. The van der Waals surface area contributed by atoms with E-state index in [9.17, 15) is 4.39 Å². The van der Waals surface area contributed by atoms with Gasteiger partial charge in [0.25, 0.3) is 0 Å². The topological polar surface area (TPSA) is 31.4 Å². The standard InChI is InChI=1S/C13H12FNO2/c1-16-13-6-5-11(8-12(13)14)17-9-10-4-2-3-7-15-10/h2-8H,9H2,1H3. The van der Waals surface area contributed by atoms with Crippen molar-refractivity contribution in [3.05, 3.63) is 54.1 Å². The van der Waals surface area contributed by atoms with Crippen LogP contribution in [0.2, 0.25) is 0 Å². The van der Waals surface area contributed by atoms with Gasteiger partial charge in [-0.3, -0.25) is 4.98 Å². The molecule has 2 aromatic rings. The Bertz CT molecular complexity index is 488. The highest BCUT2D eigenvalue weighted by Gasteiger charge is 2.04. The predicted molar refractivity (Wildman–Crippen MR) is 61.5 cm³/mol. The maximum Gasteiger partial charge on any atom is 0.168 e. The van der Waals surface area contributed by atoms with Crippen LogP contribution in [0.5, 0.6) is 11.5 Å². The van der Waals surface area contributed by atoms with E-state index in [0.29, 0.717) is 12.4 Å². The first-order valence-electron chi connectivity index (χ1n) is 5.16. The van der Waals surface area contributed by atoms with Crippen LogP contribution in [-0.2, 0) is 6.61 Å². The number of hydrogen-bond donors (Lipinski definition) is 0. The number of nitrogens with zero attached hydrogens (tertiary/aromatic N) is 1. The quantitative estimate of drug-likeness (QED) is 0.813. The Morgan fingerprint density at radius 1 is 1.24 bits per heavy atom. The van der Waals surface area contributed by atoms with Gasteiger partial charge in [0.2, 0.25) is 0 Å². The van der Waals surface area contributed by atoms with Crippen LogP contribution in [0.1, 0.15) is 5.69 Å². The van der Waals surface area contributed by atoms with Crippen LogP contribution in [0.15, 0.2) is 42.6 Å². The molecule has 0 aliphatic carbocycles. The Balaban J connectivity index is 2.02. The second kappa shape index (κ2) is 5.30. The summed E-state index contributed by atoms with van der Waals surface area (Å²) < 4.78 is 23.6. The molecule has 1 aromatic heterocycles. The lowest BCUT2D eigenvalue weighted by Crippen LogP contribution is -1.98. The number of rotatable bonds is 4. The van der Waals surface area contributed by atoms with Gasteiger partial charge >= 0.3 is 0 Å². The van der Waals surface area contributed by atoms with E-state index in [-0.39, 0.29) is 5.75 Å². The molecule has 0 aliphatic heterocycles. The minimum Gasteiger partial charge on any atom is -0.494 e. The fraction of sp³-hybridized carbons (Fsp3) is 0.154. The minimum absolute atomic E-state index is 0.204. The van der Waals surface area contributed by atoms with Crippen LogP contribution in [-0.4, -0.2) is 12.1 Å². The second-order valence-electron chi connectivity index (χ2n) is 3.41. The van der Waals surface area contributed by atoms with Gasteiger partial charge in [0, 0.05) is 12.3 Å². The molecule has 0 bridgehead atoms. The highest BCUT2D eigenvalue weighted by atomic mass is 19.1. The summed E-state index contributed by atoms with van der Waals surface area (Å²) in [6.45, 7) is 0.312. The van der Waals surface area contributed by atoms with Gasteiger partial charge in [-0.15, -0.1) is 0 Å². The number of benzene rings is 1. The summed E-state index contributed by atoms with van der Waals surface area (Å²) in [6.07, 6.45) is 1.69. The zero-order chi connectivity index (χ0) is 12.1. The molecule has 0 aliphatic rings. The van der Waals surface area contributed by atoms with Gasteiger partial charge in [-0.2, -0.15) is 0 Å². The fourth-order valence-corrected chi connectivity index (χ4v) is 1.38. The fourth-order valence-electron chi connectivity index (χ4n) is 1.38. The predicted octanol–water partition coefficient (Wildman–Crippen LogP) is 2.81. The summed E-state index contributed by atoms with van der Waals surface area (Å²) >= 11 is 0. The van der Waals surface area contributed by atoms with E-state index in [1.165, 1.54) is 19.2 Å². The Hall–Kier alpha value is -2.10. The van der Waals surface area contributed by atoms with E-state index in [0.717, 1.165) is 5.69 Å². The highest BCUT2D eigenvalue weighted by Crippen LogP contribution is 2.22. The van der Waals surface area contributed by atoms with Crippen LogP contribution in [0, 0.1) is 5.82 Å². The van der Waals surface area contributed by atoms with Crippen molar-refractivity contribution in [1.82, 2.24) is 4.98 Å². The molecule has 0 saturated carbocycles. The van der Waals surface area contributed by atoms with Gasteiger partial charge in [0.15, 0.2) is 11.6 Å². The van der Waals surface area contributed by atoms with Crippen molar-refractivity contribution in [3.63, 3.8) is 0 Å². The van der Waals surface area contributed by atoms with Crippen LogP contribution in [0.4, 0.5) is 4.39 Å². The molecule has 0 saturated heterocycles. The van der Waals surface area contributed by atoms with E-state index in [1.807, 2.05) is 18.2 Å². The molecule has 3 nitrogen and oxygen atoms in total. The Morgan fingerprint density at radius 2 is 2.12 bits per heavy atom. The Labute approximate surface area is 98.8 Å². The van der Waals surface area contributed by atoms with Crippen LogP contribution < -0.4 is 9.47 Å². The first-order valence-corrected chi connectivity index (χ1v) is 5.16. The van der Waals surface area contributed by atoms with Gasteiger partial charge in [-0.25, -0.2) is 4.39 Å². The van der Waals surface area contributed by atoms with Gasteiger partial charge in [-0.05, 0) is 24.3 Å². The first kappa shape index (κ1) is 11.4. The van der Waals surface area contributed by atoms with Crippen LogP contribution in [0.25, 0.3) is 0 Å². The number of ether oxygens (including phenoxy) is 2. The van der Waals surface area contributed by atoms with Crippen molar-refractivity contribution in [3.8, 4) is 11.5 Å². The third kappa shape index (κ3) is 2.93. The van der Waals surface area contributed by atoms with Crippen molar-refractivity contribution >= 4 is 0 Å². The molecule has 4 heteroatoms. The van der Waals surface area contributed by atoms with E-state index in [1.54, 1.807) is 12.3 Å².